The SMILES string of the molecule is O=C(O)C1CSC(C2CC2)N1S(=O)(=O)c1cn[nH]c1. The van der Waals surface area contributed by atoms with Gasteiger partial charge in [-0.05, 0) is 18.8 Å². The van der Waals surface area contributed by atoms with Gasteiger partial charge in [0.2, 0.25) is 10.0 Å². The van der Waals surface area contributed by atoms with E-state index in [1.54, 1.807) is 0 Å². The average molecular weight is 303 g/mol. The van der Waals surface area contributed by atoms with Crippen LogP contribution in [0, 0.1) is 5.92 Å². The zero-order chi connectivity index (χ0) is 13.6. The number of carboxylic acids is 1. The molecule has 0 amide bonds. The number of rotatable bonds is 4. The van der Waals surface area contributed by atoms with Gasteiger partial charge in [0.15, 0.2) is 0 Å². The third kappa shape index (κ3) is 2.15. The van der Waals surface area contributed by atoms with Gasteiger partial charge in [-0.1, -0.05) is 0 Å². The van der Waals surface area contributed by atoms with Crippen molar-refractivity contribution in [2.24, 2.45) is 5.92 Å². The monoisotopic (exact) mass is 303 g/mol. The van der Waals surface area contributed by atoms with Crippen molar-refractivity contribution >= 4 is 27.8 Å². The Kier molecular flexibility index (Phi) is 3.06. The first-order valence-electron chi connectivity index (χ1n) is 5.88. The smallest absolute Gasteiger partial charge is 0.322 e. The van der Waals surface area contributed by atoms with E-state index < -0.39 is 22.0 Å². The molecule has 0 aromatic carbocycles. The Morgan fingerprint density at radius 2 is 2.26 bits per heavy atom. The molecule has 2 heterocycles. The van der Waals surface area contributed by atoms with E-state index >= 15 is 0 Å². The highest BCUT2D eigenvalue weighted by Crippen LogP contribution is 2.47. The van der Waals surface area contributed by atoms with Crippen LogP contribution in [0.25, 0.3) is 0 Å². The molecule has 2 N–H and O–H groups in total. The molecule has 19 heavy (non-hydrogen) atoms. The van der Waals surface area contributed by atoms with Gasteiger partial charge >= 0.3 is 5.97 Å². The number of thioether (sulfide) groups is 1. The maximum atomic E-state index is 12.5. The third-order valence-corrected chi connectivity index (χ3v) is 6.79. The molecule has 2 atom stereocenters. The summed E-state index contributed by atoms with van der Waals surface area (Å²) in [5, 5.41) is 15.0. The summed E-state index contributed by atoms with van der Waals surface area (Å²) in [5.41, 5.74) is 0. The van der Waals surface area contributed by atoms with Crippen LogP contribution in [-0.2, 0) is 14.8 Å². The quantitative estimate of drug-likeness (QED) is 0.831. The van der Waals surface area contributed by atoms with Gasteiger partial charge in [0.05, 0.1) is 11.6 Å². The molecule has 1 aromatic heterocycles. The number of aromatic nitrogens is 2. The van der Waals surface area contributed by atoms with Crippen LogP contribution >= 0.6 is 11.8 Å². The van der Waals surface area contributed by atoms with Gasteiger partial charge in [-0.2, -0.15) is 9.40 Å². The topological polar surface area (TPSA) is 103 Å². The fourth-order valence-electron chi connectivity index (χ4n) is 2.23. The Bertz CT molecular complexity index is 582. The van der Waals surface area contributed by atoms with Crippen LogP contribution < -0.4 is 0 Å². The minimum absolute atomic E-state index is 0.0203. The molecule has 3 rings (SSSR count). The van der Waals surface area contributed by atoms with Gasteiger partial charge in [0.25, 0.3) is 0 Å². The molecule has 0 radical (unpaired) electrons. The predicted octanol–water partition coefficient (Wildman–Crippen LogP) is 0.337. The summed E-state index contributed by atoms with van der Waals surface area (Å²) in [6, 6.07) is -0.990. The van der Waals surface area contributed by atoms with Crippen molar-refractivity contribution < 1.29 is 18.3 Å². The van der Waals surface area contributed by atoms with Crippen molar-refractivity contribution in [3.63, 3.8) is 0 Å². The second-order valence-electron chi connectivity index (χ2n) is 4.68. The van der Waals surface area contributed by atoms with E-state index in [1.807, 2.05) is 0 Å². The number of aromatic amines is 1. The maximum Gasteiger partial charge on any atom is 0.322 e. The largest absolute Gasteiger partial charge is 0.480 e. The summed E-state index contributed by atoms with van der Waals surface area (Å²) in [4.78, 5) is 11.3. The average Bonchev–Trinajstić information content (AvgIpc) is 2.91. The fraction of sp³-hybridized carbons (Fsp3) is 0.600. The Morgan fingerprint density at radius 3 is 2.79 bits per heavy atom. The van der Waals surface area contributed by atoms with Crippen molar-refractivity contribution in [1.82, 2.24) is 14.5 Å². The summed E-state index contributed by atoms with van der Waals surface area (Å²) in [6.07, 6.45) is 4.41. The lowest BCUT2D eigenvalue weighted by molar-refractivity contribution is -0.140. The van der Waals surface area contributed by atoms with Gasteiger partial charge in [0, 0.05) is 11.9 Å². The van der Waals surface area contributed by atoms with E-state index in [0.29, 0.717) is 5.75 Å². The second-order valence-corrected chi connectivity index (χ2v) is 7.68. The number of carbonyl (C=O) groups is 1. The van der Waals surface area contributed by atoms with E-state index in [-0.39, 0.29) is 16.2 Å². The van der Waals surface area contributed by atoms with Crippen LogP contribution in [0.1, 0.15) is 12.8 Å². The summed E-state index contributed by atoms with van der Waals surface area (Å²) in [6.45, 7) is 0. The van der Waals surface area contributed by atoms with Crippen LogP contribution in [0.2, 0.25) is 0 Å². The van der Waals surface area contributed by atoms with Crippen LogP contribution in [-0.4, -0.2) is 51.2 Å². The highest BCUT2D eigenvalue weighted by Gasteiger charge is 2.51. The van der Waals surface area contributed by atoms with Crippen LogP contribution in [0.4, 0.5) is 0 Å². The number of hydrogen-bond donors (Lipinski definition) is 2. The molecule has 0 bridgehead atoms. The lowest BCUT2D eigenvalue weighted by Crippen LogP contribution is -2.46. The molecule has 0 spiro atoms. The summed E-state index contributed by atoms with van der Waals surface area (Å²) in [7, 11) is -3.81. The lowest BCUT2D eigenvalue weighted by Gasteiger charge is -2.25. The Morgan fingerprint density at radius 1 is 1.53 bits per heavy atom. The second kappa shape index (κ2) is 4.50. The van der Waals surface area contributed by atoms with Gasteiger partial charge in [-0.25, -0.2) is 8.42 Å². The summed E-state index contributed by atoms with van der Waals surface area (Å²) < 4.78 is 26.2. The van der Waals surface area contributed by atoms with Crippen LogP contribution in [0.3, 0.4) is 0 Å². The van der Waals surface area contributed by atoms with E-state index in [9.17, 15) is 18.3 Å². The molecule has 9 heteroatoms. The molecule has 1 saturated carbocycles. The molecule has 104 valence electrons. The molecule has 1 saturated heterocycles. The maximum absolute atomic E-state index is 12.5. The van der Waals surface area contributed by atoms with Gasteiger partial charge in [-0.15, -0.1) is 11.8 Å². The first kappa shape index (κ1) is 12.9. The van der Waals surface area contributed by atoms with Crippen molar-refractivity contribution in [3.8, 4) is 0 Å². The van der Waals surface area contributed by atoms with Crippen molar-refractivity contribution in [2.75, 3.05) is 5.75 Å². The van der Waals surface area contributed by atoms with E-state index in [4.69, 9.17) is 0 Å². The number of hydrogen-bond acceptors (Lipinski definition) is 5. The number of nitrogens with zero attached hydrogens (tertiary/aromatic N) is 2. The van der Waals surface area contributed by atoms with Gasteiger partial charge in [-0.3, -0.25) is 9.89 Å². The zero-order valence-corrected chi connectivity index (χ0v) is 11.5. The molecule has 7 nitrogen and oxygen atoms in total. The molecular weight excluding hydrogens is 290 g/mol. The molecule has 2 unspecified atom stereocenters. The Balaban J connectivity index is 2.00. The standard InChI is InChI=1S/C10H13N3O4S2/c14-10(15)8-5-18-9(6-1-2-6)13(8)19(16,17)7-3-11-12-4-7/h3-4,6,8-9H,1-2,5H2,(H,11,12)(H,14,15). The first-order chi connectivity index (χ1) is 9.01. The molecule has 1 aliphatic heterocycles. The summed E-state index contributed by atoms with van der Waals surface area (Å²) in [5.74, 6) is -0.521. The number of aliphatic carboxylic acids is 1. The molecular formula is C10H13N3O4S2. The van der Waals surface area contributed by atoms with Crippen molar-refractivity contribution in [3.05, 3.63) is 12.4 Å². The fourth-order valence-corrected chi connectivity index (χ4v) is 5.94. The molecule has 2 aliphatic rings. The molecule has 2 fully saturated rings. The van der Waals surface area contributed by atoms with Crippen molar-refractivity contribution in [1.29, 1.82) is 0 Å². The minimum atomic E-state index is -3.81. The highest BCUT2D eigenvalue weighted by molar-refractivity contribution is 8.01. The van der Waals surface area contributed by atoms with Crippen molar-refractivity contribution in [2.45, 2.75) is 29.2 Å². The Labute approximate surface area is 114 Å². The van der Waals surface area contributed by atoms with Crippen LogP contribution in [0.5, 0.6) is 0 Å². The predicted molar refractivity (Wildman–Crippen MR) is 68.0 cm³/mol. The Hall–Kier alpha value is -1.06. The molecule has 1 aromatic rings. The van der Waals surface area contributed by atoms with E-state index in [2.05, 4.69) is 10.2 Å². The first-order valence-corrected chi connectivity index (χ1v) is 8.37. The van der Waals surface area contributed by atoms with E-state index in [0.717, 1.165) is 17.1 Å². The summed E-state index contributed by atoms with van der Waals surface area (Å²) >= 11 is 1.42. The van der Waals surface area contributed by atoms with Gasteiger partial charge < -0.3 is 5.11 Å². The number of nitrogens with one attached hydrogen (secondary N) is 1. The number of sulfonamides is 1. The molecule has 1 aliphatic carbocycles. The number of H-pyrrole nitrogens is 1. The highest BCUT2D eigenvalue weighted by atomic mass is 32.2. The lowest BCUT2D eigenvalue weighted by atomic mass is 10.3. The minimum Gasteiger partial charge on any atom is -0.480 e. The van der Waals surface area contributed by atoms with Gasteiger partial charge in [0.1, 0.15) is 10.9 Å². The van der Waals surface area contributed by atoms with E-state index in [1.165, 1.54) is 24.2 Å². The number of carboxylic acid groups (broad SMARTS) is 1. The zero-order valence-electron chi connectivity index (χ0n) is 9.89. The van der Waals surface area contributed by atoms with Crippen LogP contribution in [0.15, 0.2) is 17.3 Å². The third-order valence-electron chi connectivity index (χ3n) is 3.34. The normalized spacial score (nSPS) is 28.6.